The largest absolute Gasteiger partial charge is 0.389 e. The van der Waals surface area contributed by atoms with Gasteiger partial charge in [-0.25, -0.2) is 4.98 Å². The lowest BCUT2D eigenvalue weighted by atomic mass is 9.95. The first-order valence-corrected chi connectivity index (χ1v) is 7.15. The highest BCUT2D eigenvalue weighted by atomic mass is 16.3. The lowest BCUT2D eigenvalue weighted by molar-refractivity contribution is 0.199. The molecule has 104 valence electrons. The van der Waals surface area contributed by atoms with E-state index in [0.29, 0.717) is 0 Å². The van der Waals surface area contributed by atoms with Crippen LogP contribution >= 0.6 is 0 Å². The normalized spacial score (nSPS) is 17.3. The van der Waals surface area contributed by atoms with Crippen molar-refractivity contribution < 1.29 is 5.11 Å². The summed E-state index contributed by atoms with van der Waals surface area (Å²) in [5.41, 5.74) is 5.80. The first-order valence-electron chi connectivity index (χ1n) is 7.15. The van der Waals surface area contributed by atoms with E-state index in [1.165, 1.54) is 16.7 Å². The molecule has 2 aromatic carbocycles. The second kappa shape index (κ2) is 4.57. The molecule has 1 aliphatic heterocycles. The number of nitrogens with zero attached hydrogens (tertiary/aromatic N) is 2. The van der Waals surface area contributed by atoms with E-state index in [1.54, 1.807) is 6.92 Å². The highest BCUT2D eigenvalue weighted by Gasteiger charge is 2.29. The van der Waals surface area contributed by atoms with Gasteiger partial charge in [0.05, 0.1) is 30.4 Å². The van der Waals surface area contributed by atoms with E-state index in [1.807, 2.05) is 24.7 Å². The van der Waals surface area contributed by atoms with Gasteiger partial charge in [-0.2, -0.15) is 0 Å². The van der Waals surface area contributed by atoms with Crippen LogP contribution in [-0.2, 0) is 0 Å². The molecule has 0 fully saturated rings. The molecule has 1 aromatic heterocycles. The molecular formula is C18H16N2O. The molecule has 0 unspecified atom stereocenters. The highest BCUT2D eigenvalue weighted by Crippen LogP contribution is 2.42. The molecule has 0 radical (unpaired) electrons. The zero-order valence-electron chi connectivity index (χ0n) is 11.8. The molecular weight excluding hydrogens is 260 g/mol. The molecule has 1 N–H and O–H groups in total. The summed E-state index contributed by atoms with van der Waals surface area (Å²) in [5.74, 6) is 0. The summed E-state index contributed by atoms with van der Waals surface area (Å²) in [4.78, 5) is 4.29. The number of imidazole rings is 1. The lowest BCUT2D eigenvalue weighted by Crippen LogP contribution is -2.07. The quantitative estimate of drug-likeness (QED) is 0.608. The van der Waals surface area contributed by atoms with Crippen molar-refractivity contribution in [3.05, 3.63) is 77.7 Å². The van der Waals surface area contributed by atoms with Crippen LogP contribution in [0.1, 0.15) is 35.8 Å². The fourth-order valence-corrected chi connectivity index (χ4v) is 3.17. The number of aromatic nitrogens is 2. The van der Waals surface area contributed by atoms with Crippen LogP contribution in [0.3, 0.4) is 0 Å². The summed E-state index contributed by atoms with van der Waals surface area (Å²) in [6.45, 7) is 1.80. The third-order valence-corrected chi connectivity index (χ3v) is 4.18. The molecule has 0 bridgehead atoms. The maximum Gasteiger partial charge on any atom is 0.0959 e. The number of hydrogen-bond donors (Lipinski definition) is 1. The molecule has 3 heteroatoms. The third kappa shape index (κ3) is 1.82. The van der Waals surface area contributed by atoms with Gasteiger partial charge in [0.25, 0.3) is 0 Å². The standard InChI is InChI=1S/C18H16N2O/c1-12(21)13-5-4-6-14(9-13)18-16-8-3-2-7-15(16)17-10-19-11-20(17)18/h2-12,18,21H,1H3/t12-,18+/m1/s1. The maximum atomic E-state index is 9.82. The van der Waals surface area contributed by atoms with Crippen LogP contribution in [0.25, 0.3) is 11.3 Å². The van der Waals surface area contributed by atoms with Gasteiger partial charge in [0.1, 0.15) is 0 Å². The van der Waals surface area contributed by atoms with Crippen molar-refractivity contribution >= 4 is 0 Å². The summed E-state index contributed by atoms with van der Waals surface area (Å²) in [7, 11) is 0. The van der Waals surface area contributed by atoms with E-state index in [2.05, 4.69) is 45.9 Å². The molecule has 1 aliphatic rings. The van der Waals surface area contributed by atoms with Crippen molar-refractivity contribution in [3.63, 3.8) is 0 Å². The Morgan fingerprint density at radius 2 is 2.00 bits per heavy atom. The number of fused-ring (bicyclic) bond motifs is 3. The van der Waals surface area contributed by atoms with E-state index >= 15 is 0 Å². The molecule has 0 spiro atoms. The Balaban J connectivity index is 1.91. The summed E-state index contributed by atoms with van der Waals surface area (Å²) in [6, 6.07) is 16.7. The predicted molar refractivity (Wildman–Crippen MR) is 82.0 cm³/mol. The minimum Gasteiger partial charge on any atom is -0.389 e. The SMILES string of the molecule is C[C@@H](O)c1cccc([C@H]2c3ccccc3-c3cncn32)c1. The molecule has 4 rings (SSSR count). The van der Waals surface area contributed by atoms with Crippen LogP contribution in [-0.4, -0.2) is 14.7 Å². The first kappa shape index (κ1) is 12.4. The van der Waals surface area contributed by atoms with E-state index in [4.69, 9.17) is 0 Å². The molecule has 2 heterocycles. The van der Waals surface area contributed by atoms with Gasteiger partial charge in [0, 0.05) is 5.56 Å². The van der Waals surface area contributed by atoms with Gasteiger partial charge >= 0.3 is 0 Å². The Kier molecular flexibility index (Phi) is 2.69. The van der Waals surface area contributed by atoms with Crippen LogP contribution in [0.5, 0.6) is 0 Å². The Labute approximate surface area is 123 Å². The lowest BCUT2D eigenvalue weighted by Gasteiger charge is -2.17. The average molecular weight is 276 g/mol. The number of benzene rings is 2. The van der Waals surface area contributed by atoms with Crippen LogP contribution < -0.4 is 0 Å². The van der Waals surface area contributed by atoms with E-state index < -0.39 is 6.10 Å². The van der Waals surface area contributed by atoms with Gasteiger partial charge in [-0.1, -0.05) is 48.5 Å². The van der Waals surface area contributed by atoms with Crippen LogP contribution in [0, 0.1) is 0 Å². The Bertz CT molecular complexity index is 804. The summed E-state index contributed by atoms with van der Waals surface area (Å²) in [6.07, 6.45) is 3.34. The van der Waals surface area contributed by atoms with Gasteiger partial charge in [-0.3, -0.25) is 0 Å². The van der Waals surface area contributed by atoms with Crippen molar-refractivity contribution in [2.75, 3.05) is 0 Å². The Morgan fingerprint density at radius 1 is 1.14 bits per heavy atom. The van der Waals surface area contributed by atoms with Gasteiger partial charge in [-0.05, 0) is 23.6 Å². The van der Waals surface area contributed by atoms with Crippen molar-refractivity contribution in [1.82, 2.24) is 9.55 Å². The number of aliphatic hydroxyl groups is 1. The Hall–Kier alpha value is -2.39. The van der Waals surface area contributed by atoms with Gasteiger partial charge < -0.3 is 9.67 Å². The molecule has 3 aromatic rings. The second-order valence-electron chi connectivity index (χ2n) is 5.52. The fourth-order valence-electron chi connectivity index (χ4n) is 3.17. The minimum atomic E-state index is -0.455. The molecule has 0 saturated carbocycles. The van der Waals surface area contributed by atoms with Crippen molar-refractivity contribution in [2.24, 2.45) is 0 Å². The van der Waals surface area contributed by atoms with E-state index in [0.717, 1.165) is 11.3 Å². The molecule has 0 aliphatic carbocycles. The van der Waals surface area contributed by atoms with Gasteiger partial charge in [-0.15, -0.1) is 0 Å². The average Bonchev–Trinajstić information content (AvgIpc) is 3.07. The summed E-state index contributed by atoms with van der Waals surface area (Å²) < 4.78 is 2.20. The second-order valence-corrected chi connectivity index (χ2v) is 5.52. The zero-order valence-corrected chi connectivity index (χ0v) is 11.8. The molecule has 2 atom stereocenters. The van der Waals surface area contributed by atoms with Gasteiger partial charge in [0.15, 0.2) is 0 Å². The Morgan fingerprint density at radius 3 is 2.86 bits per heavy atom. The molecule has 0 saturated heterocycles. The number of rotatable bonds is 2. The van der Waals surface area contributed by atoms with Gasteiger partial charge in [0.2, 0.25) is 0 Å². The zero-order chi connectivity index (χ0) is 14.4. The monoisotopic (exact) mass is 276 g/mol. The highest BCUT2D eigenvalue weighted by molar-refractivity contribution is 5.70. The maximum absolute atomic E-state index is 9.82. The van der Waals surface area contributed by atoms with E-state index in [9.17, 15) is 5.11 Å². The number of hydrogen-bond acceptors (Lipinski definition) is 2. The summed E-state index contributed by atoms with van der Waals surface area (Å²) >= 11 is 0. The molecule has 3 nitrogen and oxygen atoms in total. The molecule has 21 heavy (non-hydrogen) atoms. The fraction of sp³-hybridized carbons (Fsp3) is 0.167. The summed E-state index contributed by atoms with van der Waals surface area (Å²) in [5, 5.41) is 9.82. The van der Waals surface area contributed by atoms with Crippen molar-refractivity contribution in [1.29, 1.82) is 0 Å². The van der Waals surface area contributed by atoms with Crippen molar-refractivity contribution in [3.8, 4) is 11.3 Å². The third-order valence-electron chi connectivity index (χ3n) is 4.18. The van der Waals surface area contributed by atoms with Crippen LogP contribution in [0.15, 0.2) is 61.1 Å². The molecule has 0 amide bonds. The van der Waals surface area contributed by atoms with Crippen molar-refractivity contribution in [2.45, 2.75) is 19.1 Å². The van der Waals surface area contributed by atoms with Crippen LogP contribution in [0.2, 0.25) is 0 Å². The topological polar surface area (TPSA) is 38.1 Å². The first-order chi connectivity index (χ1) is 10.3. The number of aliphatic hydroxyl groups excluding tert-OH is 1. The van der Waals surface area contributed by atoms with Crippen LogP contribution in [0.4, 0.5) is 0 Å². The smallest absolute Gasteiger partial charge is 0.0959 e. The van der Waals surface area contributed by atoms with E-state index in [-0.39, 0.29) is 6.04 Å². The predicted octanol–water partition coefficient (Wildman–Crippen LogP) is 3.55. The minimum absolute atomic E-state index is 0.136.